The minimum Gasteiger partial charge on any atom is -0.366 e. The van der Waals surface area contributed by atoms with Crippen LogP contribution in [0, 0.1) is 0 Å². The Morgan fingerprint density at radius 2 is 2.20 bits per heavy atom. The maximum absolute atomic E-state index is 4.34. The van der Waals surface area contributed by atoms with Crippen molar-refractivity contribution in [1.82, 2.24) is 14.7 Å². The number of hydrogen-bond donors (Lipinski definition) is 1. The highest BCUT2D eigenvalue weighted by atomic mass is 15.3. The van der Waals surface area contributed by atoms with Crippen LogP contribution in [-0.2, 0) is 7.05 Å². The first-order valence-corrected chi connectivity index (χ1v) is 5.76. The van der Waals surface area contributed by atoms with Gasteiger partial charge in [0, 0.05) is 38.4 Å². The minimum absolute atomic E-state index is 0.600. The zero-order chi connectivity index (χ0) is 10.7. The molecule has 2 heterocycles. The normalized spacial score (nSPS) is 19.3. The van der Waals surface area contributed by atoms with E-state index in [2.05, 4.69) is 22.2 Å². The third kappa shape index (κ3) is 2.72. The van der Waals surface area contributed by atoms with E-state index in [0.717, 1.165) is 5.82 Å². The monoisotopic (exact) mass is 208 g/mol. The number of rotatable bonds is 3. The summed E-state index contributed by atoms with van der Waals surface area (Å²) in [7, 11) is 1.95. The van der Waals surface area contributed by atoms with Gasteiger partial charge in [0.15, 0.2) is 0 Å². The summed E-state index contributed by atoms with van der Waals surface area (Å²) in [5.74, 6) is 1.01. The number of aryl methyl sites for hydroxylation is 1. The number of likely N-dealkylation sites (tertiary alicyclic amines) is 1. The molecule has 0 radical (unpaired) electrons. The lowest BCUT2D eigenvalue weighted by Gasteiger charge is -2.31. The topological polar surface area (TPSA) is 33.1 Å². The lowest BCUT2D eigenvalue weighted by Crippen LogP contribution is -2.38. The quantitative estimate of drug-likeness (QED) is 0.813. The molecule has 1 saturated heterocycles. The van der Waals surface area contributed by atoms with Gasteiger partial charge in [-0.2, -0.15) is 5.10 Å². The fourth-order valence-electron chi connectivity index (χ4n) is 2.09. The van der Waals surface area contributed by atoms with E-state index >= 15 is 0 Å². The average Bonchev–Trinajstić information content (AvgIpc) is 2.65. The second kappa shape index (κ2) is 4.66. The Balaban J connectivity index is 1.82. The molecule has 1 aromatic rings. The fourth-order valence-corrected chi connectivity index (χ4v) is 2.09. The van der Waals surface area contributed by atoms with Gasteiger partial charge in [0.05, 0.1) is 0 Å². The van der Waals surface area contributed by atoms with Crippen molar-refractivity contribution < 1.29 is 0 Å². The van der Waals surface area contributed by atoms with Crippen LogP contribution >= 0.6 is 0 Å². The van der Waals surface area contributed by atoms with Crippen molar-refractivity contribution in [2.45, 2.75) is 25.8 Å². The van der Waals surface area contributed by atoms with Crippen molar-refractivity contribution in [3.63, 3.8) is 0 Å². The molecule has 1 aliphatic heterocycles. The third-order valence-electron chi connectivity index (χ3n) is 3.10. The smallest absolute Gasteiger partial charge is 0.148 e. The van der Waals surface area contributed by atoms with E-state index in [0.29, 0.717) is 6.04 Å². The van der Waals surface area contributed by atoms with Crippen LogP contribution in [0.5, 0.6) is 0 Å². The zero-order valence-electron chi connectivity index (χ0n) is 9.61. The molecular weight excluding hydrogens is 188 g/mol. The molecule has 84 valence electrons. The van der Waals surface area contributed by atoms with Gasteiger partial charge in [-0.3, -0.25) is 4.68 Å². The van der Waals surface area contributed by atoms with E-state index in [9.17, 15) is 0 Å². The van der Waals surface area contributed by atoms with Crippen LogP contribution in [0.4, 0.5) is 5.82 Å². The Kier molecular flexibility index (Phi) is 3.26. The second-order valence-electron chi connectivity index (χ2n) is 4.23. The largest absolute Gasteiger partial charge is 0.366 e. The van der Waals surface area contributed by atoms with Crippen LogP contribution in [-0.4, -0.2) is 40.4 Å². The Labute approximate surface area is 91.3 Å². The van der Waals surface area contributed by atoms with Crippen molar-refractivity contribution in [3.8, 4) is 0 Å². The highest BCUT2D eigenvalue weighted by Gasteiger charge is 2.17. The van der Waals surface area contributed by atoms with Gasteiger partial charge in [0.2, 0.25) is 0 Å². The highest BCUT2D eigenvalue weighted by Crippen LogP contribution is 2.14. The summed E-state index contributed by atoms with van der Waals surface area (Å²) in [5.41, 5.74) is 0. The third-order valence-corrected chi connectivity index (χ3v) is 3.10. The van der Waals surface area contributed by atoms with E-state index in [4.69, 9.17) is 0 Å². The van der Waals surface area contributed by atoms with Crippen LogP contribution in [0.2, 0.25) is 0 Å². The van der Waals surface area contributed by atoms with Crippen LogP contribution in [0.15, 0.2) is 12.3 Å². The molecule has 4 heteroatoms. The first-order valence-electron chi connectivity index (χ1n) is 5.76. The molecule has 1 aromatic heterocycles. The molecule has 1 fully saturated rings. The molecule has 0 aromatic carbocycles. The van der Waals surface area contributed by atoms with Gasteiger partial charge in [-0.25, -0.2) is 0 Å². The molecule has 1 N–H and O–H groups in total. The van der Waals surface area contributed by atoms with Gasteiger partial charge in [0.1, 0.15) is 5.82 Å². The van der Waals surface area contributed by atoms with E-state index in [1.54, 1.807) is 0 Å². The maximum Gasteiger partial charge on any atom is 0.148 e. The van der Waals surface area contributed by atoms with E-state index < -0.39 is 0 Å². The molecule has 0 aliphatic carbocycles. The highest BCUT2D eigenvalue weighted by molar-refractivity contribution is 5.33. The van der Waals surface area contributed by atoms with Crippen LogP contribution in [0.3, 0.4) is 0 Å². The fraction of sp³-hybridized carbons (Fsp3) is 0.727. The van der Waals surface area contributed by atoms with Crippen molar-refractivity contribution in [2.75, 3.05) is 25.0 Å². The summed E-state index contributed by atoms with van der Waals surface area (Å²) in [6.07, 6.45) is 4.43. The van der Waals surface area contributed by atoms with Gasteiger partial charge in [-0.1, -0.05) is 6.92 Å². The molecule has 0 spiro atoms. The van der Waals surface area contributed by atoms with Gasteiger partial charge in [-0.15, -0.1) is 0 Å². The lowest BCUT2D eigenvalue weighted by atomic mass is 10.1. The van der Waals surface area contributed by atoms with E-state index in [1.807, 2.05) is 24.0 Å². The molecule has 2 rings (SSSR count). The molecule has 0 atom stereocenters. The second-order valence-corrected chi connectivity index (χ2v) is 4.23. The molecule has 0 amide bonds. The average molecular weight is 208 g/mol. The molecule has 1 aliphatic rings. The molecule has 0 unspecified atom stereocenters. The Morgan fingerprint density at radius 3 is 2.73 bits per heavy atom. The molecule has 15 heavy (non-hydrogen) atoms. The predicted molar refractivity (Wildman–Crippen MR) is 62.0 cm³/mol. The molecule has 0 bridgehead atoms. The van der Waals surface area contributed by atoms with Gasteiger partial charge in [0.25, 0.3) is 0 Å². The van der Waals surface area contributed by atoms with Crippen molar-refractivity contribution in [2.24, 2.45) is 7.05 Å². The molecule has 0 saturated carbocycles. The van der Waals surface area contributed by atoms with E-state index in [1.165, 1.54) is 32.5 Å². The van der Waals surface area contributed by atoms with Crippen LogP contribution in [0.1, 0.15) is 19.8 Å². The SMILES string of the molecule is CCN1CCC(Nc2ccn(C)n2)CC1. The number of piperidine rings is 1. The number of nitrogens with zero attached hydrogens (tertiary/aromatic N) is 3. The summed E-state index contributed by atoms with van der Waals surface area (Å²) < 4.78 is 1.84. The van der Waals surface area contributed by atoms with Crippen molar-refractivity contribution in [3.05, 3.63) is 12.3 Å². The van der Waals surface area contributed by atoms with Gasteiger partial charge >= 0.3 is 0 Å². The molecule has 4 nitrogen and oxygen atoms in total. The van der Waals surface area contributed by atoms with E-state index in [-0.39, 0.29) is 0 Å². The van der Waals surface area contributed by atoms with Gasteiger partial charge < -0.3 is 10.2 Å². The Hall–Kier alpha value is -1.03. The lowest BCUT2D eigenvalue weighted by molar-refractivity contribution is 0.229. The first-order chi connectivity index (χ1) is 7.28. The zero-order valence-corrected chi connectivity index (χ0v) is 9.61. The first kappa shape index (κ1) is 10.5. The van der Waals surface area contributed by atoms with Crippen LogP contribution < -0.4 is 5.32 Å². The summed E-state index contributed by atoms with van der Waals surface area (Å²) >= 11 is 0. The number of aromatic nitrogens is 2. The Bertz CT molecular complexity index is 299. The summed E-state index contributed by atoms with van der Waals surface area (Å²) in [4.78, 5) is 2.50. The van der Waals surface area contributed by atoms with Gasteiger partial charge in [-0.05, 0) is 19.4 Å². The number of hydrogen-bond acceptors (Lipinski definition) is 3. The van der Waals surface area contributed by atoms with Crippen LogP contribution in [0.25, 0.3) is 0 Å². The molecular formula is C11H20N4. The Morgan fingerprint density at radius 1 is 1.47 bits per heavy atom. The summed E-state index contributed by atoms with van der Waals surface area (Å²) in [6, 6.07) is 2.63. The number of anilines is 1. The standard InChI is InChI=1S/C11H20N4/c1-3-15-8-4-10(5-9-15)12-11-6-7-14(2)13-11/h6-7,10H,3-5,8-9H2,1-2H3,(H,12,13). The number of nitrogens with one attached hydrogen (secondary N) is 1. The van der Waals surface area contributed by atoms with Crippen molar-refractivity contribution in [1.29, 1.82) is 0 Å². The minimum atomic E-state index is 0.600. The summed E-state index contributed by atoms with van der Waals surface area (Å²) in [6.45, 7) is 5.82. The predicted octanol–water partition coefficient (Wildman–Crippen LogP) is 1.32. The van der Waals surface area contributed by atoms with Crippen molar-refractivity contribution >= 4 is 5.82 Å². The maximum atomic E-state index is 4.34. The summed E-state index contributed by atoms with van der Waals surface area (Å²) in [5, 5.41) is 7.82.